The van der Waals surface area contributed by atoms with E-state index in [1.807, 2.05) is 107 Å². The van der Waals surface area contributed by atoms with E-state index in [-0.39, 0.29) is 0 Å². The molecule has 0 bridgehead atoms. The minimum Gasteiger partial charge on any atom is -0.497 e. The number of methoxy groups -OCH3 is 2. The van der Waals surface area contributed by atoms with Crippen molar-refractivity contribution in [1.82, 2.24) is 19.6 Å². The molecule has 6 heteroatoms. The molecule has 6 rings (SSSR count). The van der Waals surface area contributed by atoms with Crippen molar-refractivity contribution in [3.05, 3.63) is 109 Å². The van der Waals surface area contributed by atoms with E-state index in [2.05, 4.69) is 22.3 Å². The third-order valence-electron chi connectivity index (χ3n) is 5.50. The van der Waals surface area contributed by atoms with Crippen molar-refractivity contribution in [2.24, 2.45) is 0 Å². The third kappa shape index (κ3) is 4.47. The molecular formula is C28H24N4O2. The summed E-state index contributed by atoms with van der Waals surface area (Å²) in [4.78, 5) is 0. The first-order chi connectivity index (χ1) is 16.7. The summed E-state index contributed by atoms with van der Waals surface area (Å²) < 4.78 is 14.0. The molecule has 168 valence electrons. The van der Waals surface area contributed by atoms with Crippen LogP contribution in [0.4, 0.5) is 0 Å². The highest BCUT2D eigenvalue weighted by Crippen LogP contribution is 2.19. The monoisotopic (exact) mass is 448 g/mol. The highest BCUT2D eigenvalue weighted by atomic mass is 16.5. The molecule has 0 saturated carbocycles. The van der Waals surface area contributed by atoms with Crippen LogP contribution in [0.5, 0.6) is 11.5 Å². The molecule has 0 fully saturated rings. The fourth-order valence-electron chi connectivity index (χ4n) is 3.66. The van der Waals surface area contributed by atoms with Gasteiger partial charge in [0.2, 0.25) is 0 Å². The van der Waals surface area contributed by atoms with Crippen LogP contribution < -0.4 is 9.47 Å². The zero-order valence-electron chi connectivity index (χ0n) is 19.0. The minimum atomic E-state index is 0.852. The summed E-state index contributed by atoms with van der Waals surface area (Å²) in [6.45, 7) is 0. The second-order valence-corrected chi connectivity index (χ2v) is 7.66. The lowest BCUT2D eigenvalue weighted by atomic mass is 10.3. The van der Waals surface area contributed by atoms with E-state index < -0.39 is 0 Å². The van der Waals surface area contributed by atoms with Crippen LogP contribution in [0.15, 0.2) is 109 Å². The van der Waals surface area contributed by atoms with Crippen LogP contribution in [-0.4, -0.2) is 33.8 Å². The summed E-state index contributed by atoms with van der Waals surface area (Å²) in [7, 11) is 3.33. The number of rotatable bonds is 4. The van der Waals surface area contributed by atoms with Crippen LogP contribution >= 0.6 is 0 Å². The molecule has 6 nitrogen and oxygen atoms in total. The van der Waals surface area contributed by atoms with E-state index in [1.165, 1.54) is 0 Å². The maximum atomic E-state index is 5.13. The van der Waals surface area contributed by atoms with Crippen molar-refractivity contribution in [3.63, 3.8) is 0 Å². The standard InChI is InChI=1S/2C14H12N2O/c2*1-17-13-8-6-12(7-9-13)16-10-11-4-2-3-5-14(11)15-16/h2*2-10H,1H3. The summed E-state index contributed by atoms with van der Waals surface area (Å²) in [5, 5.41) is 11.3. The topological polar surface area (TPSA) is 54.1 Å². The quantitative estimate of drug-likeness (QED) is 0.329. The van der Waals surface area contributed by atoms with E-state index in [1.54, 1.807) is 14.2 Å². The van der Waals surface area contributed by atoms with Crippen molar-refractivity contribution in [3.8, 4) is 22.9 Å². The Bertz CT molecular complexity index is 1330. The summed E-state index contributed by atoms with van der Waals surface area (Å²) in [5.41, 5.74) is 4.07. The average molecular weight is 449 g/mol. The summed E-state index contributed by atoms with van der Waals surface area (Å²) in [5.74, 6) is 1.70. The SMILES string of the molecule is COc1ccc(-n2cc3ccccc3n2)cc1.COc1ccc(-n2cc3ccccc3n2)cc1. The van der Waals surface area contributed by atoms with Crippen LogP contribution in [0.25, 0.3) is 33.2 Å². The summed E-state index contributed by atoms with van der Waals surface area (Å²) in [6, 6.07) is 31.8. The maximum absolute atomic E-state index is 5.13. The van der Waals surface area contributed by atoms with Crippen LogP contribution in [0.2, 0.25) is 0 Å². The number of nitrogens with zero attached hydrogens (tertiary/aromatic N) is 4. The van der Waals surface area contributed by atoms with Gasteiger partial charge in [-0.2, -0.15) is 10.2 Å². The molecule has 34 heavy (non-hydrogen) atoms. The molecule has 4 aromatic carbocycles. The highest BCUT2D eigenvalue weighted by Gasteiger charge is 2.03. The van der Waals surface area contributed by atoms with E-state index in [4.69, 9.17) is 9.47 Å². The number of aromatic nitrogens is 4. The van der Waals surface area contributed by atoms with E-state index >= 15 is 0 Å². The Morgan fingerprint density at radius 1 is 0.500 bits per heavy atom. The molecule has 0 atom stereocenters. The molecule has 6 aromatic rings. The van der Waals surface area contributed by atoms with Gasteiger partial charge in [0.15, 0.2) is 0 Å². The van der Waals surface area contributed by atoms with Gasteiger partial charge in [-0.25, -0.2) is 9.36 Å². The van der Waals surface area contributed by atoms with Gasteiger partial charge < -0.3 is 9.47 Å². The number of benzene rings is 4. The molecule has 0 spiro atoms. The van der Waals surface area contributed by atoms with Gasteiger partial charge in [0.25, 0.3) is 0 Å². The normalized spacial score (nSPS) is 10.6. The fraction of sp³-hybridized carbons (Fsp3) is 0.0714. The molecule has 0 N–H and O–H groups in total. The van der Waals surface area contributed by atoms with Crippen molar-refractivity contribution < 1.29 is 9.47 Å². The molecule has 0 unspecified atom stereocenters. The molecule has 2 heterocycles. The van der Waals surface area contributed by atoms with Gasteiger partial charge >= 0.3 is 0 Å². The summed E-state index contributed by atoms with van der Waals surface area (Å²) >= 11 is 0. The van der Waals surface area contributed by atoms with Crippen molar-refractivity contribution in [1.29, 1.82) is 0 Å². The molecule has 0 aliphatic rings. The lowest BCUT2D eigenvalue weighted by molar-refractivity contribution is 0.414. The first-order valence-corrected chi connectivity index (χ1v) is 10.9. The minimum absolute atomic E-state index is 0.852. The van der Waals surface area contributed by atoms with E-state index in [0.717, 1.165) is 44.7 Å². The van der Waals surface area contributed by atoms with Gasteiger partial charge in [0.05, 0.1) is 36.6 Å². The fourth-order valence-corrected chi connectivity index (χ4v) is 3.66. The van der Waals surface area contributed by atoms with Crippen molar-refractivity contribution >= 4 is 21.8 Å². The smallest absolute Gasteiger partial charge is 0.119 e. The zero-order chi connectivity index (χ0) is 23.3. The molecule has 0 radical (unpaired) electrons. The van der Waals surface area contributed by atoms with E-state index in [9.17, 15) is 0 Å². The largest absolute Gasteiger partial charge is 0.497 e. The second kappa shape index (κ2) is 9.50. The lowest BCUT2D eigenvalue weighted by Crippen LogP contribution is -1.93. The van der Waals surface area contributed by atoms with Gasteiger partial charge in [-0.15, -0.1) is 0 Å². The number of fused-ring (bicyclic) bond motifs is 2. The molecule has 0 aliphatic heterocycles. The predicted molar refractivity (Wildman–Crippen MR) is 135 cm³/mol. The third-order valence-corrected chi connectivity index (χ3v) is 5.50. The number of ether oxygens (including phenoxy) is 2. The van der Waals surface area contributed by atoms with Crippen LogP contribution in [0, 0.1) is 0 Å². The maximum Gasteiger partial charge on any atom is 0.119 e. The zero-order valence-corrected chi connectivity index (χ0v) is 19.0. The Morgan fingerprint density at radius 3 is 1.24 bits per heavy atom. The first kappa shape index (κ1) is 21.3. The summed E-state index contributed by atoms with van der Waals surface area (Å²) in [6.07, 6.45) is 4.05. The Kier molecular flexibility index (Phi) is 5.95. The van der Waals surface area contributed by atoms with Crippen molar-refractivity contribution in [2.45, 2.75) is 0 Å². The Balaban J connectivity index is 0.000000142. The molecule has 0 saturated heterocycles. The average Bonchev–Trinajstić information content (AvgIpc) is 3.54. The Hall–Kier alpha value is -4.58. The Morgan fingerprint density at radius 2 is 0.882 bits per heavy atom. The van der Waals surface area contributed by atoms with Gasteiger partial charge in [-0.1, -0.05) is 36.4 Å². The number of hydrogen-bond acceptors (Lipinski definition) is 4. The number of hydrogen-bond donors (Lipinski definition) is 0. The molecule has 0 amide bonds. The van der Waals surface area contributed by atoms with E-state index in [0.29, 0.717) is 0 Å². The van der Waals surface area contributed by atoms with Gasteiger partial charge in [0, 0.05) is 23.2 Å². The molecule has 0 aliphatic carbocycles. The van der Waals surface area contributed by atoms with Crippen LogP contribution in [0.1, 0.15) is 0 Å². The molecule has 2 aromatic heterocycles. The van der Waals surface area contributed by atoms with Crippen LogP contribution in [-0.2, 0) is 0 Å². The van der Waals surface area contributed by atoms with Crippen molar-refractivity contribution in [2.75, 3.05) is 14.2 Å². The second-order valence-electron chi connectivity index (χ2n) is 7.66. The Labute approximate surface area is 197 Å². The van der Waals surface area contributed by atoms with Gasteiger partial charge in [-0.3, -0.25) is 0 Å². The lowest BCUT2D eigenvalue weighted by Gasteiger charge is -2.02. The first-order valence-electron chi connectivity index (χ1n) is 10.9. The predicted octanol–water partition coefficient (Wildman–Crippen LogP) is 6.07. The van der Waals surface area contributed by atoms with Gasteiger partial charge in [-0.05, 0) is 60.7 Å². The van der Waals surface area contributed by atoms with Gasteiger partial charge in [0.1, 0.15) is 11.5 Å². The molecular weight excluding hydrogens is 424 g/mol. The highest BCUT2D eigenvalue weighted by molar-refractivity contribution is 5.79. The van der Waals surface area contributed by atoms with Crippen LogP contribution in [0.3, 0.4) is 0 Å².